The summed E-state index contributed by atoms with van der Waals surface area (Å²) < 4.78 is 0. The average molecular weight is 361 g/mol. The van der Waals surface area contributed by atoms with Crippen LogP contribution in [-0.4, -0.2) is 36.9 Å². The quantitative estimate of drug-likeness (QED) is 0.559. The van der Waals surface area contributed by atoms with Gasteiger partial charge >= 0.3 is 0 Å². The summed E-state index contributed by atoms with van der Waals surface area (Å²) in [5.41, 5.74) is 6.41. The third-order valence-electron chi connectivity index (χ3n) is 6.34. The molecule has 1 heterocycles. The van der Waals surface area contributed by atoms with Crippen molar-refractivity contribution in [2.45, 2.75) is 43.9 Å². The van der Waals surface area contributed by atoms with E-state index in [1.54, 1.807) is 0 Å². The normalized spacial score (nSPS) is 23.6. The molecule has 2 unspecified atom stereocenters. The topological polar surface area (TPSA) is 24.8 Å². The zero-order valence-corrected chi connectivity index (χ0v) is 15.9. The van der Waals surface area contributed by atoms with Crippen LogP contribution in [-0.2, 0) is 4.84 Å². The Bertz CT molecular complexity index is 784. The smallest absolute Gasteiger partial charge is 0.118 e. The Morgan fingerprint density at radius 1 is 0.852 bits per heavy atom. The van der Waals surface area contributed by atoms with Crippen molar-refractivity contribution in [2.24, 2.45) is 5.16 Å². The van der Waals surface area contributed by atoms with Crippen molar-refractivity contribution in [2.75, 3.05) is 26.2 Å². The molecule has 0 N–H and O–H groups in total. The summed E-state index contributed by atoms with van der Waals surface area (Å²) in [5, 5.41) is 4.66. The van der Waals surface area contributed by atoms with Crippen molar-refractivity contribution in [1.29, 1.82) is 0 Å². The van der Waals surface area contributed by atoms with E-state index in [1.165, 1.54) is 61.0 Å². The minimum Gasteiger partial charge on any atom is -0.395 e. The summed E-state index contributed by atoms with van der Waals surface area (Å²) in [6.07, 6.45) is 6.39. The Balaban J connectivity index is 1.34. The minimum atomic E-state index is 0.647. The van der Waals surface area contributed by atoms with Gasteiger partial charge in [0.25, 0.3) is 0 Å². The molecule has 1 aliphatic heterocycles. The second-order valence-corrected chi connectivity index (χ2v) is 8.15. The van der Waals surface area contributed by atoms with Gasteiger partial charge in [-0.1, -0.05) is 60.1 Å². The SMILES string of the molecule is c1ccc2c(c1)C(=NOCCCN1CCCCC1)c1ccccc1C1CC21. The Kier molecular flexibility index (Phi) is 4.71. The van der Waals surface area contributed by atoms with Gasteiger partial charge < -0.3 is 9.74 Å². The van der Waals surface area contributed by atoms with E-state index in [-0.39, 0.29) is 0 Å². The van der Waals surface area contributed by atoms with E-state index >= 15 is 0 Å². The van der Waals surface area contributed by atoms with Crippen molar-refractivity contribution < 1.29 is 4.84 Å². The lowest BCUT2D eigenvalue weighted by molar-refractivity contribution is 0.124. The summed E-state index contributed by atoms with van der Waals surface area (Å²) in [7, 11) is 0. The monoisotopic (exact) mass is 360 g/mol. The Morgan fingerprint density at radius 2 is 1.48 bits per heavy atom. The highest BCUT2D eigenvalue weighted by molar-refractivity contribution is 6.15. The first-order chi connectivity index (χ1) is 13.4. The highest BCUT2D eigenvalue weighted by Gasteiger charge is 2.44. The van der Waals surface area contributed by atoms with Gasteiger partial charge in [-0.05, 0) is 61.7 Å². The van der Waals surface area contributed by atoms with Crippen molar-refractivity contribution in [3.8, 4) is 0 Å². The van der Waals surface area contributed by atoms with Gasteiger partial charge in [-0.3, -0.25) is 0 Å². The Labute approximate surface area is 162 Å². The molecular weight excluding hydrogens is 332 g/mol. The molecule has 2 atom stereocenters. The van der Waals surface area contributed by atoms with Gasteiger partial charge in [0.2, 0.25) is 0 Å². The van der Waals surface area contributed by atoms with Crippen LogP contribution >= 0.6 is 0 Å². The van der Waals surface area contributed by atoms with Crippen LogP contribution in [0.25, 0.3) is 0 Å². The molecular formula is C24H28N2O. The van der Waals surface area contributed by atoms with Crippen molar-refractivity contribution >= 4 is 5.71 Å². The van der Waals surface area contributed by atoms with Crippen LogP contribution in [0.3, 0.4) is 0 Å². The molecule has 2 aromatic rings. The zero-order chi connectivity index (χ0) is 18.1. The third kappa shape index (κ3) is 3.41. The number of fused-ring (bicyclic) bond motifs is 5. The maximum Gasteiger partial charge on any atom is 0.118 e. The van der Waals surface area contributed by atoms with Gasteiger partial charge in [-0.15, -0.1) is 0 Å². The molecule has 2 aliphatic carbocycles. The second-order valence-electron chi connectivity index (χ2n) is 8.15. The van der Waals surface area contributed by atoms with Gasteiger partial charge in [0, 0.05) is 17.7 Å². The number of nitrogens with zero attached hydrogens (tertiary/aromatic N) is 2. The van der Waals surface area contributed by atoms with Gasteiger partial charge in [-0.25, -0.2) is 0 Å². The highest BCUT2D eigenvalue weighted by atomic mass is 16.6. The average Bonchev–Trinajstić information content (AvgIpc) is 3.52. The standard InChI is InChI=1S/C24H28N2O/c1-6-13-26(14-7-1)15-8-16-27-25-24-20-11-4-2-9-18(20)22-17-23(22)19-10-3-5-12-21(19)24/h2-5,9-12,22-23H,1,6-8,13-17H2. The van der Waals surface area contributed by atoms with E-state index < -0.39 is 0 Å². The van der Waals surface area contributed by atoms with Crippen LogP contribution in [0.5, 0.6) is 0 Å². The number of rotatable bonds is 5. The van der Waals surface area contributed by atoms with Gasteiger partial charge in [-0.2, -0.15) is 0 Å². The molecule has 5 rings (SSSR count). The number of benzene rings is 2. The molecule has 0 amide bonds. The van der Waals surface area contributed by atoms with Crippen LogP contribution < -0.4 is 0 Å². The van der Waals surface area contributed by atoms with Crippen LogP contribution in [0.15, 0.2) is 53.7 Å². The molecule has 0 bridgehead atoms. The Morgan fingerprint density at radius 3 is 2.15 bits per heavy atom. The lowest BCUT2D eigenvalue weighted by Crippen LogP contribution is -2.31. The molecule has 3 nitrogen and oxygen atoms in total. The summed E-state index contributed by atoms with van der Waals surface area (Å²) in [6, 6.07) is 17.5. The van der Waals surface area contributed by atoms with Crippen molar-refractivity contribution in [3.63, 3.8) is 0 Å². The molecule has 140 valence electrons. The van der Waals surface area contributed by atoms with E-state index in [1.807, 2.05) is 0 Å². The fourth-order valence-corrected chi connectivity index (χ4v) is 4.84. The van der Waals surface area contributed by atoms with Crippen molar-refractivity contribution in [3.05, 3.63) is 70.8 Å². The van der Waals surface area contributed by atoms with Gasteiger partial charge in [0.05, 0.1) is 0 Å². The molecule has 1 saturated heterocycles. The van der Waals surface area contributed by atoms with Crippen molar-refractivity contribution in [1.82, 2.24) is 4.90 Å². The molecule has 0 spiro atoms. The molecule has 0 radical (unpaired) electrons. The zero-order valence-electron chi connectivity index (χ0n) is 15.9. The first-order valence-corrected chi connectivity index (χ1v) is 10.5. The van der Waals surface area contributed by atoms with Gasteiger partial charge in [0.15, 0.2) is 0 Å². The second kappa shape index (κ2) is 7.47. The first-order valence-electron chi connectivity index (χ1n) is 10.5. The molecule has 3 heteroatoms. The number of piperidine rings is 1. The summed E-state index contributed by atoms with van der Waals surface area (Å²) in [6.45, 7) is 4.31. The largest absolute Gasteiger partial charge is 0.395 e. The van der Waals surface area contributed by atoms with Crippen LogP contribution in [0.4, 0.5) is 0 Å². The van der Waals surface area contributed by atoms with E-state index in [0.29, 0.717) is 18.4 Å². The fourth-order valence-electron chi connectivity index (χ4n) is 4.84. The summed E-state index contributed by atoms with van der Waals surface area (Å²) in [5.74, 6) is 1.29. The van der Waals surface area contributed by atoms with Crippen LogP contribution in [0.1, 0.15) is 66.2 Å². The molecule has 3 aliphatic rings. The summed E-state index contributed by atoms with van der Waals surface area (Å²) >= 11 is 0. The minimum absolute atomic E-state index is 0.647. The first kappa shape index (κ1) is 17.0. The van der Waals surface area contributed by atoms with E-state index in [2.05, 4.69) is 58.6 Å². The molecule has 2 aromatic carbocycles. The number of likely N-dealkylation sites (tertiary alicyclic amines) is 1. The lowest BCUT2D eigenvalue weighted by Gasteiger charge is -2.25. The lowest BCUT2D eigenvalue weighted by atomic mass is 9.95. The van der Waals surface area contributed by atoms with Gasteiger partial charge in [0.1, 0.15) is 12.3 Å². The van der Waals surface area contributed by atoms with E-state index in [0.717, 1.165) is 18.7 Å². The molecule has 1 saturated carbocycles. The Hall–Kier alpha value is -2.13. The van der Waals surface area contributed by atoms with Crippen LogP contribution in [0, 0.1) is 0 Å². The molecule has 27 heavy (non-hydrogen) atoms. The highest BCUT2D eigenvalue weighted by Crippen LogP contribution is 2.58. The number of hydrogen-bond acceptors (Lipinski definition) is 3. The maximum atomic E-state index is 5.84. The summed E-state index contributed by atoms with van der Waals surface area (Å²) in [4.78, 5) is 8.40. The van der Waals surface area contributed by atoms with E-state index in [9.17, 15) is 0 Å². The fraction of sp³-hybridized carbons (Fsp3) is 0.458. The molecule has 2 fully saturated rings. The third-order valence-corrected chi connectivity index (χ3v) is 6.34. The molecule has 0 aromatic heterocycles. The predicted octanol–water partition coefficient (Wildman–Crippen LogP) is 4.92. The number of oxime groups is 1. The number of hydrogen-bond donors (Lipinski definition) is 0. The predicted molar refractivity (Wildman–Crippen MR) is 109 cm³/mol. The van der Waals surface area contributed by atoms with Crippen LogP contribution in [0.2, 0.25) is 0 Å². The van der Waals surface area contributed by atoms with E-state index in [4.69, 9.17) is 4.84 Å². The maximum absolute atomic E-state index is 5.84.